The van der Waals surface area contributed by atoms with Gasteiger partial charge < -0.3 is 51.8 Å². The number of ether oxygens (including phenoxy) is 3. The molecule has 0 fully saturated rings. The third-order valence-corrected chi connectivity index (χ3v) is 10.7. The van der Waals surface area contributed by atoms with Gasteiger partial charge >= 0.3 is 18.4 Å². The van der Waals surface area contributed by atoms with E-state index in [0.29, 0.717) is 63.8 Å². The quantitative estimate of drug-likeness (QED) is 0.0295. The highest BCUT2D eigenvalue weighted by atomic mass is 35.5. The van der Waals surface area contributed by atoms with Gasteiger partial charge in [-0.2, -0.15) is 46.5 Å². The molecule has 0 bridgehead atoms. The van der Waals surface area contributed by atoms with Crippen molar-refractivity contribution >= 4 is 92.8 Å². The Morgan fingerprint density at radius 3 is 1.57 bits per heavy atom. The summed E-state index contributed by atoms with van der Waals surface area (Å²) in [4.78, 5) is 29.9. The van der Waals surface area contributed by atoms with Gasteiger partial charge in [-0.05, 0) is 99.5 Å². The number of aromatic amines is 2. The molecular formula is C48H44Cl2F6N16O4. The minimum absolute atomic E-state index is 0.0662. The van der Waals surface area contributed by atoms with E-state index in [1.165, 1.54) is 31.7 Å². The third kappa shape index (κ3) is 15.6. The molecule has 2 amide bonds. The minimum atomic E-state index is -4.65. The van der Waals surface area contributed by atoms with Gasteiger partial charge in [0.15, 0.2) is 34.8 Å². The SMILES string of the molecule is COc1cnc(Nc2cc(N)ccc2C)nc1Nc1cc(C)[nH]n1.COc1cnc(Nc2cc(NC(=O)Nc3ccc(Cl)c(C(F)(F)F)c3)ccc2C)nc1Nc1cc(C)[nH]n1.N#COc1ccc(Cl)c(C(F)(F)F)c1. The van der Waals surface area contributed by atoms with E-state index in [1.54, 1.807) is 37.6 Å². The number of methoxy groups -OCH3 is 2. The number of aryl methyl sites for hydroxylation is 4. The lowest BCUT2D eigenvalue weighted by atomic mass is 10.2. The summed E-state index contributed by atoms with van der Waals surface area (Å²) in [6, 6.07) is 19.6. The molecule has 0 aliphatic heterocycles. The summed E-state index contributed by atoms with van der Waals surface area (Å²) in [6.45, 7) is 7.61. The normalized spacial score (nSPS) is 10.9. The molecule has 0 atom stereocenters. The van der Waals surface area contributed by atoms with Gasteiger partial charge in [-0.3, -0.25) is 10.2 Å². The fourth-order valence-electron chi connectivity index (χ4n) is 6.35. The van der Waals surface area contributed by atoms with Crippen molar-refractivity contribution in [1.82, 2.24) is 40.3 Å². The number of hydrogen-bond acceptors (Lipinski definition) is 16. The van der Waals surface area contributed by atoms with Gasteiger partial charge in [-0.15, -0.1) is 5.26 Å². The first kappa shape index (κ1) is 56.1. The van der Waals surface area contributed by atoms with E-state index in [9.17, 15) is 31.1 Å². The van der Waals surface area contributed by atoms with Crippen LogP contribution in [0.5, 0.6) is 17.2 Å². The van der Waals surface area contributed by atoms with Crippen molar-refractivity contribution in [2.24, 2.45) is 0 Å². The Hall–Kier alpha value is -9.22. The van der Waals surface area contributed by atoms with Crippen LogP contribution in [0, 0.1) is 39.2 Å². The number of hydrogen-bond donors (Lipinski definition) is 9. The van der Waals surface area contributed by atoms with Gasteiger partial charge in [0.05, 0.1) is 47.8 Å². The Bertz CT molecular complexity index is 3370. The lowest BCUT2D eigenvalue weighted by molar-refractivity contribution is -0.138. The number of amides is 2. The molecule has 4 aromatic heterocycles. The molecule has 0 unspecified atom stereocenters. The van der Waals surface area contributed by atoms with Crippen LogP contribution >= 0.6 is 23.2 Å². The maximum absolute atomic E-state index is 13.1. The number of urea groups is 1. The zero-order valence-electron chi connectivity index (χ0n) is 40.6. The fraction of sp³-hybridized carbons (Fsp3) is 0.167. The monoisotopic (exact) mass is 1090 g/mol. The van der Waals surface area contributed by atoms with Crippen LogP contribution in [0.2, 0.25) is 10.0 Å². The number of anilines is 11. The van der Waals surface area contributed by atoms with E-state index in [0.717, 1.165) is 46.4 Å². The van der Waals surface area contributed by atoms with E-state index in [2.05, 4.69) is 77.0 Å². The van der Waals surface area contributed by atoms with E-state index in [4.69, 9.17) is 43.7 Å². The largest absolute Gasteiger partial charge is 0.491 e. The Morgan fingerprint density at radius 2 is 1.09 bits per heavy atom. The molecule has 8 rings (SSSR count). The number of carbonyl (C=O) groups excluding carboxylic acids is 1. The van der Waals surface area contributed by atoms with E-state index in [-0.39, 0.29) is 17.4 Å². The van der Waals surface area contributed by atoms with Crippen LogP contribution in [0.15, 0.2) is 97.3 Å². The van der Waals surface area contributed by atoms with Crippen molar-refractivity contribution in [3.05, 3.63) is 141 Å². The second-order valence-corrected chi connectivity index (χ2v) is 16.6. The van der Waals surface area contributed by atoms with Crippen LogP contribution in [0.25, 0.3) is 0 Å². The smallest absolute Gasteiger partial charge is 0.417 e. The van der Waals surface area contributed by atoms with Crippen LogP contribution in [0.3, 0.4) is 0 Å². The Labute approximate surface area is 438 Å². The summed E-state index contributed by atoms with van der Waals surface area (Å²) in [5.41, 5.74) is 9.84. The number of nitriles is 1. The van der Waals surface area contributed by atoms with Crippen molar-refractivity contribution in [2.45, 2.75) is 40.0 Å². The highest BCUT2D eigenvalue weighted by Crippen LogP contribution is 2.38. The molecule has 20 nitrogen and oxygen atoms in total. The average molecular weight is 1090 g/mol. The number of carbonyl (C=O) groups is 1. The first-order valence-electron chi connectivity index (χ1n) is 21.8. The molecule has 0 saturated heterocycles. The van der Waals surface area contributed by atoms with Gasteiger partial charge in [0, 0.05) is 52.0 Å². The fourth-order valence-corrected chi connectivity index (χ4v) is 6.80. The topological polar surface area (TPSA) is 276 Å². The van der Waals surface area contributed by atoms with Crippen LogP contribution in [0.4, 0.5) is 94.7 Å². The number of halogens is 8. The lowest BCUT2D eigenvalue weighted by Crippen LogP contribution is -2.20. The van der Waals surface area contributed by atoms with E-state index >= 15 is 0 Å². The van der Waals surface area contributed by atoms with Gasteiger partial charge in [0.1, 0.15) is 5.75 Å². The number of nitrogen functional groups attached to an aromatic ring is 1. The molecule has 10 N–H and O–H groups in total. The van der Waals surface area contributed by atoms with Crippen molar-refractivity contribution in [2.75, 3.05) is 51.9 Å². The van der Waals surface area contributed by atoms with Crippen LogP contribution in [0.1, 0.15) is 33.6 Å². The summed E-state index contributed by atoms with van der Waals surface area (Å²) in [7, 11) is 3.06. The molecule has 0 radical (unpaired) electrons. The first-order valence-corrected chi connectivity index (χ1v) is 22.6. The first-order chi connectivity index (χ1) is 36.0. The van der Waals surface area contributed by atoms with Crippen LogP contribution in [-0.2, 0) is 12.4 Å². The number of H-pyrrole nitrogens is 2. The van der Waals surface area contributed by atoms with Crippen molar-refractivity contribution in [1.29, 1.82) is 5.26 Å². The minimum Gasteiger partial charge on any atom is -0.491 e. The van der Waals surface area contributed by atoms with Gasteiger partial charge in [-0.1, -0.05) is 35.3 Å². The predicted molar refractivity (Wildman–Crippen MR) is 276 cm³/mol. The van der Waals surface area contributed by atoms with Crippen molar-refractivity contribution < 1.29 is 45.3 Å². The highest BCUT2D eigenvalue weighted by molar-refractivity contribution is 6.31. The zero-order chi connectivity index (χ0) is 55.3. The number of nitrogens with zero attached hydrogens (tertiary/aromatic N) is 7. The van der Waals surface area contributed by atoms with Gasteiger partial charge in [-0.25, -0.2) is 14.8 Å². The Kier molecular flexibility index (Phi) is 18.2. The Morgan fingerprint density at radius 1 is 0.632 bits per heavy atom. The number of nitrogens with two attached hydrogens (primary N) is 1. The van der Waals surface area contributed by atoms with Gasteiger partial charge in [0.25, 0.3) is 6.26 Å². The molecule has 0 spiro atoms. The molecule has 4 heterocycles. The number of rotatable bonds is 13. The number of nitrogens with one attached hydrogen (secondary N) is 8. The Balaban J connectivity index is 0.000000209. The second-order valence-electron chi connectivity index (χ2n) is 15.8. The average Bonchev–Trinajstić information content (AvgIpc) is 3.98. The maximum Gasteiger partial charge on any atom is 0.417 e. The molecule has 0 saturated carbocycles. The lowest BCUT2D eigenvalue weighted by Gasteiger charge is -2.14. The summed E-state index contributed by atoms with van der Waals surface area (Å²) in [5.74, 6) is 3.49. The third-order valence-electron chi connectivity index (χ3n) is 10.0. The molecule has 396 valence electrons. The standard InChI is InChI=1S/C24H22ClF3N8O2.C16H19N7O.C8H3ClF3NO/c1-12-4-5-15(31-23(37)30-14-6-7-17(25)16(9-14)24(26,27)28)10-18(12)32-22-29-11-19(38-3)21(34-22)33-20-8-13(2)35-36-20;1-9-4-5-11(17)7-12(9)19-16-18-8-13(24-3)15(21-16)20-14-6-10(2)22-23-14;9-7-2-1-5(14-4-13)3-6(7)8(10,11)12/h4-11H,1-3H3,(H2,30,31,37)(H3,29,32,33,34,35,36);4-8H,17H2,1-3H3,(H3,18,19,20,21,22,23);1-3H. The van der Waals surface area contributed by atoms with E-state index < -0.39 is 39.6 Å². The van der Waals surface area contributed by atoms with Crippen LogP contribution < -0.4 is 51.8 Å². The van der Waals surface area contributed by atoms with Crippen molar-refractivity contribution in [3.63, 3.8) is 0 Å². The zero-order valence-corrected chi connectivity index (χ0v) is 42.1. The summed E-state index contributed by atoms with van der Waals surface area (Å²) < 4.78 is 90.9. The molecular weight excluding hydrogens is 1050 g/mol. The molecule has 76 heavy (non-hydrogen) atoms. The molecule has 4 aromatic carbocycles. The van der Waals surface area contributed by atoms with Crippen LogP contribution in [-0.4, -0.2) is 60.6 Å². The summed E-state index contributed by atoms with van der Waals surface area (Å²) >= 11 is 11.0. The number of benzene rings is 4. The molecule has 8 aromatic rings. The second kappa shape index (κ2) is 24.7. The van der Waals surface area contributed by atoms with Crippen molar-refractivity contribution in [3.8, 4) is 23.5 Å². The highest BCUT2D eigenvalue weighted by Gasteiger charge is 2.34. The number of alkyl halides is 6. The molecule has 0 aliphatic carbocycles. The molecule has 28 heteroatoms. The van der Waals surface area contributed by atoms with Gasteiger partial charge in [0.2, 0.25) is 11.9 Å². The number of aromatic nitrogens is 8. The van der Waals surface area contributed by atoms with E-state index in [1.807, 2.05) is 52.0 Å². The summed E-state index contributed by atoms with van der Waals surface area (Å²) in [5, 5.41) is 38.6. The predicted octanol–water partition coefficient (Wildman–Crippen LogP) is 12.7. The summed E-state index contributed by atoms with van der Waals surface area (Å²) in [6.07, 6.45) is -4.85. The molecule has 0 aliphatic rings. The maximum atomic E-state index is 13.1.